The molecule has 1 saturated carbocycles. The third kappa shape index (κ3) is 4.42. The number of thioether (sulfide) groups is 1. The van der Waals surface area contributed by atoms with E-state index in [1.165, 1.54) is 19.3 Å². The molecule has 4 nitrogen and oxygen atoms in total. The summed E-state index contributed by atoms with van der Waals surface area (Å²) in [7, 11) is 1.97. The van der Waals surface area contributed by atoms with Crippen molar-refractivity contribution in [3.05, 3.63) is 5.01 Å². The van der Waals surface area contributed by atoms with Gasteiger partial charge < -0.3 is 4.90 Å². The molecular formula is C15H25N3OS2. The number of aryl methyl sites for hydroxylation is 1. The minimum absolute atomic E-state index is 0.0655. The van der Waals surface area contributed by atoms with Gasteiger partial charge in [-0.3, -0.25) is 4.79 Å². The maximum Gasteiger partial charge on any atom is 0.236 e. The van der Waals surface area contributed by atoms with Gasteiger partial charge in [0.2, 0.25) is 5.91 Å². The molecular weight excluding hydrogens is 302 g/mol. The highest BCUT2D eigenvalue weighted by Crippen LogP contribution is 2.32. The quantitative estimate of drug-likeness (QED) is 0.773. The summed E-state index contributed by atoms with van der Waals surface area (Å²) in [4.78, 5) is 14.8. The fourth-order valence-corrected chi connectivity index (χ4v) is 4.88. The molecule has 1 aliphatic carbocycles. The van der Waals surface area contributed by atoms with Gasteiger partial charge in [-0.1, -0.05) is 56.2 Å². The molecule has 6 heteroatoms. The van der Waals surface area contributed by atoms with Crippen LogP contribution in [0.2, 0.25) is 0 Å². The first kappa shape index (κ1) is 16.7. The van der Waals surface area contributed by atoms with Gasteiger partial charge in [0, 0.05) is 13.1 Å². The van der Waals surface area contributed by atoms with Crippen molar-refractivity contribution in [2.45, 2.75) is 68.5 Å². The average molecular weight is 328 g/mol. The molecule has 1 amide bonds. The van der Waals surface area contributed by atoms with E-state index >= 15 is 0 Å². The summed E-state index contributed by atoms with van der Waals surface area (Å²) in [5.41, 5.74) is 0. The van der Waals surface area contributed by atoms with Crippen LogP contribution in [-0.4, -0.2) is 39.3 Å². The summed E-state index contributed by atoms with van der Waals surface area (Å²) in [5, 5.41) is 9.09. The van der Waals surface area contributed by atoms with Crippen LogP contribution in [0.25, 0.3) is 0 Å². The first-order valence-electron chi connectivity index (χ1n) is 7.72. The second kappa shape index (κ2) is 7.58. The van der Waals surface area contributed by atoms with E-state index in [2.05, 4.69) is 24.0 Å². The molecule has 1 aromatic heterocycles. The Morgan fingerprint density at radius 3 is 2.48 bits per heavy atom. The van der Waals surface area contributed by atoms with E-state index in [-0.39, 0.29) is 17.1 Å². The normalized spacial score (nSPS) is 18.0. The zero-order valence-corrected chi connectivity index (χ0v) is 15.0. The number of hydrogen-bond donors (Lipinski definition) is 0. The van der Waals surface area contributed by atoms with Crippen LogP contribution in [0.4, 0.5) is 0 Å². The van der Waals surface area contributed by atoms with Crippen LogP contribution in [0.5, 0.6) is 0 Å². The second-order valence-corrected chi connectivity index (χ2v) is 8.68. The number of carbonyl (C=O) groups excluding carboxylic acids is 1. The predicted octanol–water partition coefficient (Wildman–Crippen LogP) is 3.75. The molecule has 0 saturated heterocycles. The van der Waals surface area contributed by atoms with Gasteiger partial charge in [0.1, 0.15) is 5.01 Å². The highest BCUT2D eigenvalue weighted by molar-refractivity contribution is 8.02. The summed E-state index contributed by atoms with van der Waals surface area (Å²) in [6.45, 7) is 6.17. The molecule has 1 heterocycles. The predicted molar refractivity (Wildman–Crippen MR) is 88.8 cm³/mol. The van der Waals surface area contributed by atoms with Gasteiger partial charge in [-0.15, -0.1) is 10.2 Å². The molecule has 0 N–H and O–H groups in total. The van der Waals surface area contributed by atoms with E-state index in [0.717, 1.165) is 22.2 Å². The average Bonchev–Trinajstić information content (AvgIpc) is 2.89. The van der Waals surface area contributed by atoms with Gasteiger partial charge in [0.25, 0.3) is 0 Å². The first-order valence-corrected chi connectivity index (χ1v) is 9.42. The summed E-state index contributed by atoms with van der Waals surface area (Å²) < 4.78 is 0.900. The van der Waals surface area contributed by atoms with E-state index in [1.54, 1.807) is 23.1 Å². The first-order chi connectivity index (χ1) is 9.99. The molecule has 0 aliphatic heterocycles. The number of rotatable bonds is 5. The highest BCUT2D eigenvalue weighted by atomic mass is 32.2. The zero-order chi connectivity index (χ0) is 15.4. The van der Waals surface area contributed by atoms with Gasteiger partial charge in [-0.2, -0.15) is 0 Å². The van der Waals surface area contributed by atoms with E-state index in [1.807, 2.05) is 18.9 Å². The van der Waals surface area contributed by atoms with Gasteiger partial charge in [0.05, 0.1) is 5.25 Å². The minimum Gasteiger partial charge on any atom is -0.342 e. The van der Waals surface area contributed by atoms with Crippen molar-refractivity contribution < 1.29 is 4.79 Å². The van der Waals surface area contributed by atoms with Gasteiger partial charge in [-0.25, -0.2) is 0 Å². The van der Waals surface area contributed by atoms with Crippen LogP contribution in [0.3, 0.4) is 0 Å². The van der Waals surface area contributed by atoms with Crippen molar-refractivity contribution in [3.63, 3.8) is 0 Å². The summed E-state index contributed by atoms with van der Waals surface area (Å²) in [6, 6.07) is 0.421. The summed E-state index contributed by atoms with van der Waals surface area (Å²) in [5.74, 6) is 0.535. The lowest BCUT2D eigenvalue weighted by atomic mass is 9.94. The lowest BCUT2D eigenvalue weighted by Gasteiger charge is -2.34. The van der Waals surface area contributed by atoms with E-state index in [0.29, 0.717) is 6.04 Å². The van der Waals surface area contributed by atoms with Crippen LogP contribution in [0, 0.1) is 12.8 Å². The molecule has 0 bridgehead atoms. The van der Waals surface area contributed by atoms with Crippen LogP contribution in [-0.2, 0) is 4.79 Å². The second-order valence-electron chi connectivity index (χ2n) is 6.11. The molecule has 0 aromatic carbocycles. The third-order valence-electron chi connectivity index (χ3n) is 4.05. The maximum atomic E-state index is 12.9. The fourth-order valence-electron chi connectivity index (χ4n) is 2.76. The molecule has 118 valence electrons. The number of aromatic nitrogens is 2. The van der Waals surface area contributed by atoms with Gasteiger partial charge >= 0.3 is 0 Å². The SMILES string of the molecule is Cc1nnc(SC(C(=O)N(C)C2CCCCC2)C(C)C)s1. The van der Waals surface area contributed by atoms with E-state index < -0.39 is 0 Å². The molecule has 2 rings (SSSR count). The Morgan fingerprint density at radius 1 is 1.29 bits per heavy atom. The minimum atomic E-state index is -0.0655. The molecule has 21 heavy (non-hydrogen) atoms. The third-order valence-corrected chi connectivity index (χ3v) is 6.51. The van der Waals surface area contributed by atoms with Crippen molar-refractivity contribution in [2.75, 3.05) is 7.05 Å². The Balaban J connectivity index is 2.04. The highest BCUT2D eigenvalue weighted by Gasteiger charge is 2.31. The largest absolute Gasteiger partial charge is 0.342 e. The Labute approximate surface area is 135 Å². The van der Waals surface area contributed by atoms with Crippen LogP contribution >= 0.6 is 23.1 Å². The van der Waals surface area contributed by atoms with Gasteiger partial charge in [0.15, 0.2) is 4.34 Å². The standard InChI is InChI=1S/C15H25N3OS2/c1-10(2)13(21-15-17-16-11(3)20-15)14(19)18(4)12-8-6-5-7-9-12/h10,12-13H,5-9H2,1-4H3. The van der Waals surface area contributed by atoms with Crippen LogP contribution < -0.4 is 0 Å². The molecule has 1 aliphatic rings. The number of nitrogens with zero attached hydrogens (tertiary/aromatic N) is 3. The monoisotopic (exact) mass is 327 g/mol. The summed E-state index contributed by atoms with van der Waals surface area (Å²) in [6.07, 6.45) is 6.10. The zero-order valence-electron chi connectivity index (χ0n) is 13.3. The van der Waals surface area contributed by atoms with Crippen LogP contribution in [0.15, 0.2) is 4.34 Å². The van der Waals surface area contributed by atoms with Crippen molar-refractivity contribution in [1.82, 2.24) is 15.1 Å². The van der Waals surface area contributed by atoms with Crippen molar-refractivity contribution in [1.29, 1.82) is 0 Å². The summed E-state index contributed by atoms with van der Waals surface area (Å²) >= 11 is 3.14. The van der Waals surface area contributed by atoms with Crippen molar-refractivity contribution in [3.8, 4) is 0 Å². The molecule has 0 spiro atoms. The number of amides is 1. The molecule has 0 radical (unpaired) electrons. The molecule has 1 atom stereocenters. The molecule has 1 aromatic rings. The van der Waals surface area contributed by atoms with Gasteiger partial charge in [-0.05, 0) is 25.7 Å². The smallest absolute Gasteiger partial charge is 0.236 e. The topological polar surface area (TPSA) is 46.1 Å². The van der Waals surface area contributed by atoms with Crippen molar-refractivity contribution >= 4 is 29.0 Å². The Bertz CT molecular complexity index is 469. The number of carbonyl (C=O) groups is 1. The number of hydrogen-bond acceptors (Lipinski definition) is 5. The maximum absolute atomic E-state index is 12.9. The van der Waals surface area contributed by atoms with Crippen LogP contribution in [0.1, 0.15) is 51.0 Å². The Hall–Kier alpha value is -0.620. The Morgan fingerprint density at radius 2 is 1.95 bits per heavy atom. The van der Waals surface area contributed by atoms with E-state index in [4.69, 9.17) is 0 Å². The van der Waals surface area contributed by atoms with E-state index in [9.17, 15) is 4.79 Å². The van der Waals surface area contributed by atoms with Crippen molar-refractivity contribution in [2.24, 2.45) is 5.92 Å². The Kier molecular flexibility index (Phi) is 6.05. The lowest BCUT2D eigenvalue weighted by Crippen LogP contribution is -2.44. The lowest BCUT2D eigenvalue weighted by molar-refractivity contribution is -0.132. The molecule has 1 fully saturated rings. The fraction of sp³-hybridized carbons (Fsp3) is 0.800. The molecule has 1 unspecified atom stereocenters.